The second kappa shape index (κ2) is 10.1. The van der Waals surface area contributed by atoms with E-state index in [-0.39, 0.29) is 5.91 Å². The van der Waals surface area contributed by atoms with E-state index in [2.05, 4.69) is 27.1 Å². The third kappa shape index (κ3) is 5.83. The number of carbonyl (C=O) groups is 1. The summed E-state index contributed by atoms with van der Waals surface area (Å²) >= 11 is 1.41. The molecule has 1 N–H and O–H groups in total. The van der Waals surface area contributed by atoms with E-state index in [4.69, 9.17) is 13.9 Å². The molecule has 0 radical (unpaired) electrons. The topological polar surface area (TPSA) is 99.4 Å². The van der Waals surface area contributed by atoms with Gasteiger partial charge < -0.3 is 13.9 Å². The molecular formula is C24H22N4O4S. The van der Waals surface area contributed by atoms with Gasteiger partial charge >= 0.3 is 0 Å². The van der Waals surface area contributed by atoms with Crippen molar-refractivity contribution in [3.8, 4) is 28.7 Å². The predicted molar refractivity (Wildman–Crippen MR) is 126 cm³/mol. The second-order valence-corrected chi connectivity index (χ2v) is 8.34. The molecule has 0 aliphatic carbocycles. The summed E-state index contributed by atoms with van der Waals surface area (Å²) < 4.78 is 17.2. The average Bonchev–Trinajstić information content (AvgIpc) is 3.42. The number of rotatable bonds is 9. The van der Waals surface area contributed by atoms with Gasteiger partial charge in [-0.2, -0.15) is 0 Å². The van der Waals surface area contributed by atoms with Crippen molar-refractivity contribution in [3.05, 3.63) is 77.6 Å². The number of nitrogens with zero attached hydrogens (tertiary/aromatic N) is 3. The number of hydrogen-bond acceptors (Lipinski definition) is 8. The van der Waals surface area contributed by atoms with Crippen LogP contribution in [0.2, 0.25) is 0 Å². The number of aromatic nitrogens is 3. The van der Waals surface area contributed by atoms with E-state index in [1.807, 2.05) is 19.1 Å². The van der Waals surface area contributed by atoms with Crippen molar-refractivity contribution < 1.29 is 18.7 Å². The largest absolute Gasteiger partial charge is 0.493 e. The Morgan fingerprint density at radius 3 is 2.58 bits per heavy atom. The molecule has 0 bridgehead atoms. The van der Waals surface area contributed by atoms with Crippen LogP contribution in [0, 0.1) is 13.8 Å². The maximum Gasteiger partial charge on any atom is 0.257 e. The summed E-state index contributed by atoms with van der Waals surface area (Å²) in [4.78, 5) is 18.0. The fourth-order valence-electron chi connectivity index (χ4n) is 2.90. The van der Waals surface area contributed by atoms with Crippen LogP contribution in [0.25, 0.3) is 11.5 Å². The standard InChI is InChI=1S/C24H22N4O4S/c1-4-5-10-30-20-11-18(22(29)26-24-25-14-15(2)33-24)12-21(13-20)32-19-8-6-17(7-9-19)23-28-27-16(3)31-23/h4,6-9,11-14H,1,5,10H2,2-3H3,(H,25,26,29). The Hall–Kier alpha value is -3.98. The van der Waals surface area contributed by atoms with Gasteiger partial charge in [0.2, 0.25) is 11.8 Å². The SMILES string of the molecule is C=CCCOc1cc(Oc2ccc(-c3nnc(C)o3)cc2)cc(C(=O)Nc2ncc(C)s2)c1. The highest BCUT2D eigenvalue weighted by Gasteiger charge is 2.13. The minimum Gasteiger partial charge on any atom is -0.493 e. The minimum atomic E-state index is -0.300. The summed E-state index contributed by atoms with van der Waals surface area (Å²) in [6, 6.07) is 12.3. The van der Waals surface area contributed by atoms with Crippen molar-refractivity contribution >= 4 is 22.4 Å². The lowest BCUT2D eigenvalue weighted by molar-refractivity contribution is 0.102. The van der Waals surface area contributed by atoms with Crippen LogP contribution in [0.15, 0.2) is 65.7 Å². The molecule has 33 heavy (non-hydrogen) atoms. The Kier molecular flexibility index (Phi) is 6.80. The molecule has 0 saturated carbocycles. The van der Waals surface area contributed by atoms with E-state index in [0.717, 1.165) is 10.4 Å². The van der Waals surface area contributed by atoms with Crippen LogP contribution in [0.5, 0.6) is 17.2 Å². The normalized spacial score (nSPS) is 10.6. The third-order valence-corrected chi connectivity index (χ3v) is 5.27. The number of nitrogens with one attached hydrogen (secondary N) is 1. The summed E-state index contributed by atoms with van der Waals surface area (Å²) in [6.07, 6.45) is 4.16. The monoisotopic (exact) mass is 462 g/mol. The van der Waals surface area contributed by atoms with Crippen LogP contribution in [0.1, 0.15) is 27.5 Å². The zero-order valence-electron chi connectivity index (χ0n) is 18.2. The van der Waals surface area contributed by atoms with Gasteiger partial charge in [-0.15, -0.1) is 28.1 Å². The van der Waals surface area contributed by atoms with E-state index in [0.29, 0.717) is 52.8 Å². The Bertz CT molecular complexity index is 1260. The first-order valence-electron chi connectivity index (χ1n) is 10.2. The highest BCUT2D eigenvalue weighted by atomic mass is 32.1. The molecule has 4 rings (SSSR count). The number of aryl methyl sites for hydroxylation is 2. The molecule has 0 fully saturated rings. The van der Waals surface area contributed by atoms with Crippen LogP contribution in [-0.4, -0.2) is 27.7 Å². The second-order valence-electron chi connectivity index (χ2n) is 7.10. The quantitative estimate of drug-likeness (QED) is 0.247. The lowest BCUT2D eigenvalue weighted by Gasteiger charge is -2.12. The van der Waals surface area contributed by atoms with Crippen LogP contribution in [0.3, 0.4) is 0 Å². The molecule has 0 spiro atoms. The highest BCUT2D eigenvalue weighted by molar-refractivity contribution is 7.15. The number of benzene rings is 2. The van der Waals surface area contributed by atoms with Gasteiger partial charge in [0.1, 0.15) is 17.2 Å². The van der Waals surface area contributed by atoms with Crippen molar-refractivity contribution in [2.75, 3.05) is 11.9 Å². The van der Waals surface area contributed by atoms with E-state index >= 15 is 0 Å². The van der Waals surface area contributed by atoms with E-state index in [1.54, 1.807) is 49.5 Å². The third-order valence-electron chi connectivity index (χ3n) is 4.44. The number of ether oxygens (including phenoxy) is 2. The molecule has 4 aromatic rings. The fourth-order valence-corrected chi connectivity index (χ4v) is 3.56. The van der Waals surface area contributed by atoms with Gasteiger partial charge in [0, 0.05) is 35.2 Å². The number of carbonyl (C=O) groups excluding carboxylic acids is 1. The molecule has 2 aromatic carbocycles. The van der Waals surface area contributed by atoms with Gasteiger partial charge in [0.05, 0.1) is 6.61 Å². The maximum absolute atomic E-state index is 12.8. The number of hydrogen-bond donors (Lipinski definition) is 1. The zero-order chi connectivity index (χ0) is 23.2. The molecule has 2 heterocycles. The molecule has 0 aliphatic rings. The Labute approximate surface area is 194 Å². The van der Waals surface area contributed by atoms with Gasteiger partial charge in [-0.1, -0.05) is 6.08 Å². The van der Waals surface area contributed by atoms with Gasteiger partial charge in [0.25, 0.3) is 5.91 Å². The van der Waals surface area contributed by atoms with Crippen LogP contribution in [0.4, 0.5) is 5.13 Å². The zero-order valence-corrected chi connectivity index (χ0v) is 19.0. The first-order chi connectivity index (χ1) is 16.0. The Morgan fingerprint density at radius 2 is 1.91 bits per heavy atom. The van der Waals surface area contributed by atoms with E-state index < -0.39 is 0 Å². The van der Waals surface area contributed by atoms with Gasteiger partial charge in [-0.25, -0.2) is 4.98 Å². The number of thiazole rings is 1. The first kappa shape index (κ1) is 22.2. The molecular weight excluding hydrogens is 440 g/mol. The summed E-state index contributed by atoms with van der Waals surface area (Å²) in [5, 5.41) is 11.2. The number of anilines is 1. The van der Waals surface area contributed by atoms with Crippen molar-refractivity contribution in [1.29, 1.82) is 0 Å². The van der Waals surface area contributed by atoms with E-state index in [9.17, 15) is 4.79 Å². The van der Waals surface area contributed by atoms with Crippen LogP contribution in [-0.2, 0) is 0 Å². The average molecular weight is 463 g/mol. The molecule has 0 saturated heterocycles. The first-order valence-corrected chi connectivity index (χ1v) is 11.0. The van der Waals surface area contributed by atoms with Crippen LogP contribution < -0.4 is 14.8 Å². The van der Waals surface area contributed by atoms with Crippen molar-refractivity contribution in [2.45, 2.75) is 20.3 Å². The van der Waals surface area contributed by atoms with Gasteiger partial charge in [-0.05, 0) is 49.7 Å². The lowest BCUT2D eigenvalue weighted by Crippen LogP contribution is -2.12. The summed E-state index contributed by atoms with van der Waals surface area (Å²) in [5.41, 5.74) is 1.18. The highest BCUT2D eigenvalue weighted by Crippen LogP contribution is 2.30. The smallest absolute Gasteiger partial charge is 0.257 e. The molecule has 1 amide bonds. The predicted octanol–water partition coefficient (Wildman–Crippen LogP) is 5.81. The molecule has 9 heteroatoms. The minimum absolute atomic E-state index is 0.300. The Balaban J connectivity index is 1.55. The van der Waals surface area contributed by atoms with E-state index in [1.165, 1.54) is 11.3 Å². The van der Waals surface area contributed by atoms with Gasteiger partial charge in [-0.3, -0.25) is 10.1 Å². The molecule has 168 valence electrons. The van der Waals surface area contributed by atoms with Crippen LogP contribution >= 0.6 is 11.3 Å². The fraction of sp³-hybridized carbons (Fsp3) is 0.167. The summed E-state index contributed by atoms with van der Waals surface area (Å²) in [5.74, 6) is 2.21. The molecule has 0 unspecified atom stereocenters. The maximum atomic E-state index is 12.8. The van der Waals surface area contributed by atoms with Gasteiger partial charge in [0.15, 0.2) is 5.13 Å². The van der Waals surface area contributed by atoms with Crippen molar-refractivity contribution in [3.63, 3.8) is 0 Å². The summed E-state index contributed by atoms with van der Waals surface area (Å²) in [6.45, 7) is 7.81. The summed E-state index contributed by atoms with van der Waals surface area (Å²) in [7, 11) is 0. The Morgan fingerprint density at radius 1 is 1.12 bits per heavy atom. The van der Waals surface area contributed by atoms with Crippen molar-refractivity contribution in [2.24, 2.45) is 0 Å². The molecule has 0 aliphatic heterocycles. The van der Waals surface area contributed by atoms with Crippen molar-refractivity contribution in [1.82, 2.24) is 15.2 Å². The molecule has 0 atom stereocenters. The lowest BCUT2D eigenvalue weighted by atomic mass is 10.2. The number of amides is 1. The molecule has 2 aromatic heterocycles. The molecule has 8 nitrogen and oxygen atoms in total.